The van der Waals surface area contributed by atoms with E-state index in [1.54, 1.807) is 6.92 Å². The van der Waals surface area contributed by atoms with Gasteiger partial charge in [-0.05, 0) is 13.0 Å². The van der Waals surface area contributed by atoms with Gasteiger partial charge in [0.05, 0.1) is 18.2 Å². The van der Waals surface area contributed by atoms with Crippen molar-refractivity contribution in [2.24, 2.45) is 0 Å². The van der Waals surface area contributed by atoms with Crippen molar-refractivity contribution in [2.45, 2.75) is 6.92 Å². The molecule has 86 valence electrons. The molecule has 0 spiro atoms. The Hall–Kier alpha value is -1.62. The lowest BCUT2D eigenvalue weighted by Crippen LogP contribution is -2.30. The van der Waals surface area contributed by atoms with Crippen molar-refractivity contribution in [3.05, 3.63) is 29.0 Å². The van der Waals surface area contributed by atoms with E-state index in [9.17, 15) is 9.59 Å². The van der Waals surface area contributed by atoms with Gasteiger partial charge in [0.2, 0.25) is 0 Å². The maximum absolute atomic E-state index is 11.5. The summed E-state index contributed by atoms with van der Waals surface area (Å²) in [6.07, 6.45) is 2.20. The van der Waals surface area contributed by atoms with Gasteiger partial charge < -0.3 is 10.1 Å². The highest BCUT2D eigenvalue weighted by atomic mass is 35.5. The summed E-state index contributed by atoms with van der Waals surface area (Å²) < 4.78 is 4.61. The molecule has 1 heterocycles. The van der Waals surface area contributed by atoms with Gasteiger partial charge in [0.25, 0.3) is 0 Å². The quantitative estimate of drug-likeness (QED) is 0.816. The Morgan fingerprint density at radius 1 is 1.50 bits per heavy atom. The predicted molar refractivity (Wildman–Crippen MR) is 58.6 cm³/mol. The topological polar surface area (TPSA) is 68.3 Å². The van der Waals surface area contributed by atoms with Crippen molar-refractivity contribution in [1.29, 1.82) is 0 Å². The molecule has 16 heavy (non-hydrogen) atoms. The fourth-order valence-corrected chi connectivity index (χ4v) is 1.17. The van der Waals surface area contributed by atoms with E-state index in [1.165, 1.54) is 18.5 Å². The number of carbonyl (C=O) groups is 2. The number of pyridine rings is 1. The molecule has 5 nitrogen and oxygen atoms in total. The van der Waals surface area contributed by atoms with Crippen LogP contribution < -0.4 is 5.32 Å². The molecule has 1 rings (SSSR count). The summed E-state index contributed by atoms with van der Waals surface area (Å²) in [5, 5.41) is 2.70. The minimum Gasteiger partial charge on any atom is -0.450 e. The van der Waals surface area contributed by atoms with Crippen molar-refractivity contribution in [3.63, 3.8) is 0 Å². The number of Topliss-reactive ketones (excluding diaryl/α,β-unsaturated/α-hetero) is 1. The molecule has 0 radical (unpaired) electrons. The summed E-state index contributed by atoms with van der Waals surface area (Å²) in [6, 6.07) is 1.49. The van der Waals surface area contributed by atoms with Gasteiger partial charge in [-0.3, -0.25) is 9.78 Å². The number of ketones is 1. The standard InChI is InChI=1S/C10H11ClN2O3/c1-2-16-10(15)13-6-9(14)7-3-8(11)5-12-4-7/h3-5H,2,6H2,1H3,(H,13,15). The zero-order chi connectivity index (χ0) is 12.0. The first-order chi connectivity index (χ1) is 7.63. The number of amides is 1. The second-order valence-electron chi connectivity index (χ2n) is 2.89. The molecule has 1 N–H and O–H groups in total. The molecule has 0 fully saturated rings. The van der Waals surface area contributed by atoms with Crippen LogP contribution in [0.5, 0.6) is 0 Å². The zero-order valence-corrected chi connectivity index (χ0v) is 9.45. The average molecular weight is 243 g/mol. The monoisotopic (exact) mass is 242 g/mol. The van der Waals surface area contributed by atoms with Crippen LogP contribution in [0.15, 0.2) is 18.5 Å². The summed E-state index contributed by atoms with van der Waals surface area (Å²) in [6.45, 7) is 1.81. The second-order valence-corrected chi connectivity index (χ2v) is 3.33. The normalized spacial score (nSPS) is 9.62. The Bertz CT molecular complexity index is 395. The molecule has 1 aromatic rings. The summed E-state index contributed by atoms with van der Waals surface area (Å²) in [4.78, 5) is 26.2. The molecule has 0 atom stereocenters. The number of alkyl carbamates (subject to hydrolysis) is 1. The van der Waals surface area contributed by atoms with Crippen LogP contribution in [0.4, 0.5) is 4.79 Å². The van der Waals surface area contributed by atoms with Crippen LogP contribution in [0.3, 0.4) is 0 Å². The maximum Gasteiger partial charge on any atom is 0.407 e. The van der Waals surface area contributed by atoms with E-state index in [0.717, 1.165) is 0 Å². The highest BCUT2D eigenvalue weighted by Gasteiger charge is 2.09. The van der Waals surface area contributed by atoms with E-state index in [4.69, 9.17) is 11.6 Å². The molecule has 0 saturated carbocycles. The first kappa shape index (κ1) is 12.4. The third-order valence-corrected chi connectivity index (χ3v) is 1.90. The number of carbonyl (C=O) groups excluding carboxylic acids is 2. The molecule has 1 aromatic heterocycles. The summed E-state index contributed by atoms with van der Waals surface area (Å²) in [7, 11) is 0. The van der Waals surface area contributed by atoms with Crippen molar-refractivity contribution in [2.75, 3.05) is 13.2 Å². The Labute approximate surface area is 97.8 Å². The second kappa shape index (κ2) is 6.07. The molecule has 0 unspecified atom stereocenters. The van der Waals surface area contributed by atoms with Gasteiger partial charge in [-0.2, -0.15) is 0 Å². The Morgan fingerprint density at radius 3 is 2.88 bits per heavy atom. The number of nitrogens with one attached hydrogen (secondary N) is 1. The SMILES string of the molecule is CCOC(=O)NCC(=O)c1cncc(Cl)c1. The van der Waals surface area contributed by atoms with E-state index in [-0.39, 0.29) is 18.9 Å². The zero-order valence-electron chi connectivity index (χ0n) is 8.70. The maximum atomic E-state index is 11.5. The van der Waals surface area contributed by atoms with E-state index < -0.39 is 6.09 Å². The van der Waals surface area contributed by atoms with Crippen LogP contribution in [-0.4, -0.2) is 30.0 Å². The molecule has 0 aromatic carbocycles. The van der Waals surface area contributed by atoms with Gasteiger partial charge in [0, 0.05) is 18.0 Å². The van der Waals surface area contributed by atoms with E-state index in [0.29, 0.717) is 10.6 Å². The lowest BCUT2D eigenvalue weighted by atomic mass is 10.2. The van der Waals surface area contributed by atoms with E-state index in [1.807, 2.05) is 0 Å². The number of ether oxygens (including phenoxy) is 1. The number of aromatic nitrogens is 1. The van der Waals surface area contributed by atoms with Crippen LogP contribution in [0, 0.1) is 0 Å². The van der Waals surface area contributed by atoms with Crippen LogP contribution in [-0.2, 0) is 4.74 Å². The molecule has 0 bridgehead atoms. The molecule has 0 aliphatic carbocycles. The van der Waals surface area contributed by atoms with Crippen LogP contribution in [0.2, 0.25) is 5.02 Å². The van der Waals surface area contributed by atoms with Gasteiger partial charge in [0.1, 0.15) is 0 Å². The number of halogens is 1. The molecule has 0 aliphatic heterocycles. The first-order valence-electron chi connectivity index (χ1n) is 4.68. The van der Waals surface area contributed by atoms with E-state index in [2.05, 4.69) is 15.0 Å². The third kappa shape index (κ3) is 3.86. The molecule has 0 saturated heterocycles. The minimum atomic E-state index is -0.620. The predicted octanol–water partition coefficient (Wildman–Crippen LogP) is 1.66. The van der Waals surface area contributed by atoms with Crippen LogP contribution >= 0.6 is 11.6 Å². The summed E-state index contributed by atoms with van der Waals surface area (Å²) in [5.74, 6) is -0.275. The van der Waals surface area contributed by atoms with Crippen molar-refractivity contribution in [3.8, 4) is 0 Å². The number of hydrogen-bond acceptors (Lipinski definition) is 4. The molecule has 1 amide bonds. The lowest BCUT2D eigenvalue weighted by Gasteiger charge is -2.04. The van der Waals surface area contributed by atoms with Crippen molar-refractivity contribution < 1.29 is 14.3 Å². The van der Waals surface area contributed by atoms with Crippen molar-refractivity contribution in [1.82, 2.24) is 10.3 Å². The minimum absolute atomic E-state index is 0.138. The summed E-state index contributed by atoms with van der Waals surface area (Å²) >= 11 is 5.67. The molecule has 0 aliphatic rings. The molecular formula is C10H11ClN2O3. The van der Waals surface area contributed by atoms with Gasteiger partial charge in [-0.1, -0.05) is 11.6 Å². The van der Waals surface area contributed by atoms with Gasteiger partial charge in [-0.25, -0.2) is 4.79 Å². The highest BCUT2D eigenvalue weighted by Crippen LogP contribution is 2.08. The smallest absolute Gasteiger partial charge is 0.407 e. The van der Waals surface area contributed by atoms with Crippen LogP contribution in [0.1, 0.15) is 17.3 Å². The lowest BCUT2D eigenvalue weighted by molar-refractivity contribution is 0.0978. The number of nitrogens with zero attached hydrogens (tertiary/aromatic N) is 1. The number of hydrogen-bond donors (Lipinski definition) is 1. The first-order valence-corrected chi connectivity index (χ1v) is 5.05. The Kier molecular flexibility index (Phi) is 4.72. The van der Waals surface area contributed by atoms with Crippen molar-refractivity contribution >= 4 is 23.5 Å². The van der Waals surface area contributed by atoms with Gasteiger partial charge >= 0.3 is 6.09 Å². The Morgan fingerprint density at radius 2 is 2.25 bits per heavy atom. The van der Waals surface area contributed by atoms with Gasteiger partial charge in [0.15, 0.2) is 5.78 Å². The fourth-order valence-electron chi connectivity index (χ4n) is 1.00. The summed E-state index contributed by atoms with van der Waals surface area (Å²) in [5.41, 5.74) is 0.351. The fraction of sp³-hybridized carbons (Fsp3) is 0.300. The van der Waals surface area contributed by atoms with E-state index >= 15 is 0 Å². The molecule has 6 heteroatoms. The van der Waals surface area contributed by atoms with Gasteiger partial charge in [-0.15, -0.1) is 0 Å². The average Bonchev–Trinajstić information content (AvgIpc) is 2.26. The number of rotatable bonds is 4. The Balaban J connectivity index is 2.50. The van der Waals surface area contributed by atoms with Crippen LogP contribution in [0.25, 0.3) is 0 Å². The highest BCUT2D eigenvalue weighted by molar-refractivity contribution is 6.30. The molecular weight excluding hydrogens is 232 g/mol. The largest absolute Gasteiger partial charge is 0.450 e. The third-order valence-electron chi connectivity index (χ3n) is 1.70.